The van der Waals surface area contributed by atoms with E-state index in [1.54, 1.807) is 12.1 Å². The van der Waals surface area contributed by atoms with Crippen molar-refractivity contribution in [2.24, 2.45) is 0 Å². The molecule has 0 atom stereocenters. The van der Waals surface area contributed by atoms with Crippen LogP contribution in [0.4, 0.5) is 11.4 Å². The first-order valence-corrected chi connectivity index (χ1v) is 6.78. The minimum atomic E-state index is -0.189. The number of rotatable bonds is 3. The molecule has 21 heavy (non-hydrogen) atoms. The van der Waals surface area contributed by atoms with Crippen LogP contribution in [0.1, 0.15) is 12.5 Å². The maximum absolute atomic E-state index is 11.3. The Morgan fingerprint density at radius 2 is 2.05 bits per heavy atom. The summed E-state index contributed by atoms with van der Waals surface area (Å²) in [4.78, 5) is 11.3. The molecule has 1 aliphatic heterocycles. The highest BCUT2D eigenvalue weighted by atomic mass is 16.5. The monoisotopic (exact) mass is 284 g/mol. The van der Waals surface area contributed by atoms with Crippen LogP contribution < -0.4 is 20.5 Å². The van der Waals surface area contributed by atoms with Gasteiger partial charge in [0.05, 0.1) is 11.4 Å². The first-order valence-electron chi connectivity index (χ1n) is 6.78. The normalized spacial score (nSPS) is 13.1. The molecule has 0 spiro atoms. The van der Waals surface area contributed by atoms with Crippen LogP contribution in [0.3, 0.4) is 0 Å². The molecule has 0 saturated carbocycles. The Balaban J connectivity index is 1.87. The van der Waals surface area contributed by atoms with Gasteiger partial charge >= 0.3 is 0 Å². The van der Waals surface area contributed by atoms with Gasteiger partial charge in [-0.05, 0) is 24.1 Å². The summed E-state index contributed by atoms with van der Waals surface area (Å²) in [6.45, 7) is 2.10. The van der Waals surface area contributed by atoms with E-state index in [1.807, 2.05) is 24.3 Å². The number of nitrogens with two attached hydrogens (primary N) is 1. The fraction of sp³-hybridized carbons (Fsp3) is 0.188. The van der Waals surface area contributed by atoms with E-state index in [4.69, 9.17) is 15.2 Å². The molecule has 0 unspecified atom stereocenters. The van der Waals surface area contributed by atoms with Gasteiger partial charge in [0.25, 0.3) is 5.91 Å². The highest BCUT2D eigenvalue weighted by Crippen LogP contribution is 2.38. The van der Waals surface area contributed by atoms with Gasteiger partial charge in [-0.3, -0.25) is 4.79 Å². The second-order valence-corrected chi connectivity index (χ2v) is 4.82. The number of amides is 1. The molecule has 0 radical (unpaired) electrons. The van der Waals surface area contributed by atoms with E-state index < -0.39 is 0 Å². The fourth-order valence-corrected chi connectivity index (χ4v) is 2.13. The lowest BCUT2D eigenvalue weighted by atomic mass is 10.2. The van der Waals surface area contributed by atoms with Crippen molar-refractivity contribution >= 4 is 17.3 Å². The zero-order valence-electron chi connectivity index (χ0n) is 11.7. The number of benzene rings is 2. The number of carbonyl (C=O) groups is 1. The van der Waals surface area contributed by atoms with Gasteiger partial charge in [-0.2, -0.15) is 0 Å². The summed E-state index contributed by atoms with van der Waals surface area (Å²) in [6, 6.07) is 11.1. The SMILES string of the molecule is CCc1ccc(Oc2cc3c(cc2N)OCC(=O)N3)cc1. The molecule has 2 aromatic carbocycles. The summed E-state index contributed by atoms with van der Waals surface area (Å²) in [6.07, 6.45) is 0.977. The number of aryl methyl sites for hydroxylation is 1. The Hall–Kier alpha value is -2.69. The van der Waals surface area contributed by atoms with E-state index in [0.29, 0.717) is 28.6 Å². The highest BCUT2D eigenvalue weighted by molar-refractivity contribution is 5.96. The predicted octanol–water partition coefficient (Wildman–Crippen LogP) is 2.95. The summed E-state index contributed by atoms with van der Waals surface area (Å²) in [7, 11) is 0. The largest absolute Gasteiger partial charge is 0.481 e. The Kier molecular flexibility index (Phi) is 3.39. The topological polar surface area (TPSA) is 73.6 Å². The molecule has 3 N–H and O–H groups in total. The van der Waals surface area contributed by atoms with Gasteiger partial charge in [0.15, 0.2) is 12.4 Å². The first kappa shape index (κ1) is 13.3. The third-order valence-electron chi connectivity index (χ3n) is 3.30. The van der Waals surface area contributed by atoms with E-state index >= 15 is 0 Å². The molecular weight excluding hydrogens is 268 g/mol. The van der Waals surface area contributed by atoms with Gasteiger partial charge in [-0.25, -0.2) is 0 Å². The van der Waals surface area contributed by atoms with E-state index in [1.165, 1.54) is 5.56 Å². The molecule has 5 nitrogen and oxygen atoms in total. The number of hydrogen-bond donors (Lipinski definition) is 2. The average Bonchev–Trinajstić information content (AvgIpc) is 2.49. The molecule has 1 aliphatic rings. The van der Waals surface area contributed by atoms with Crippen molar-refractivity contribution in [1.82, 2.24) is 0 Å². The van der Waals surface area contributed by atoms with Crippen molar-refractivity contribution in [3.05, 3.63) is 42.0 Å². The number of nitrogen functional groups attached to an aromatic ring is 1. The zero-order valence-corrected chi connectivity index (χ0v) is 11.7. The second kappa shape index (κ2) is 5.36. The van der Waals surface area contributed by atoms with Gasteiger partial charge in [0.2, 0.25) is 0 Å². The van der Waals surface area contributed by atoms with Gasteiger partial charge in [0, 0.05) is 12.1 Å². The van der Waals surface area contributed by atoms with Crippen LogP contribution >= 0.6 is 0 Å². The lowest BCUT2D eigenvalue weighted by Crippen LogP contribution is -2.25. The molecule has 5 heteroatoms. The number of ether oxygens (including phenoxy) is 2. The Bertz CT molecular complexity index is 681. The number of anilines is 2. The summed E-state index contributed by atoms with van der Waals surface area (Å²) >= 11 is 0. The molecule has 0 fully saturated rings. The van der Waals surface area contributed by atoms with Gasteiger partial charge in [-0.1, -0.05) is 19.1 Å². The van der Waals surface area contributed by atoms with Crippen molar-refractivity contribution < 1.29 is 14.3 Å². The van der Waals surface area contributed by atoms with Crippen LogP contribution in [0, 0.1) is 0 Å². The number of hydrogen-bond acceptors (Lipinski definition) is 4. The van der Waals surface area contributed by atoms with Crippen molar-refractivity contribution in [3.63, 3.8) is 0 Å². The molecular formula is C16H16N2O3. The predicted molar refractivity (Wildman–Crippen MR) is 80.9 cm³/mol. The lowest BCUT2D eigenvalue weighted by Gasteiger charge is -2.20. The van der Waals surface area contributed by atoms with Crippen LogP contribution in [0.2, 0.25) is 0 Å². The molecule has 3 rings (SSSR count). The van der Waals surface area contributed by atoms with Crippen LogP contribution in [0.25, 0.3) is 0 Å². The third kappa shape index (κ3) is 2.76. The Labute approximate surface area is 122 Å². The average molecular weight is 284 g/mol. The zero-order chi connectivity index (χ0) is 14.8. The van der Waals surface area contributed by atoms with Crippen LogP contribution in [-0.2, 0) is 11.2 Å². The van der Waals surface area contributed by atoms with E-state index in [0.717, 1.165) is 6.42 Å². The van der Waals surface area contributed by atoms with E-state index in [-0.39, 0.29) is 12.5 Å². The fourth-order valence-electron chi connectivity index (χ4n) is 2.13. The summed E-state index contributed by atoms with van der Waals surface area (Å²) in [5.74, 6) is 1.55. The number of fused-ring (bicyclic) bond motifs is 1. The molecule has 0 bridgehead atoms. The van der Waals surface area contributed by atoms with Gasteiger partial charge in [-0.15, -0.1) is 0 Å². The van der Waals surface area contributed by atoms with Crippen molar-refractivity contribution in [2.75, 3.05) is 17.7 Å². The summed E-state index contributed by atoms with van der Waals surface area (Å²) in [5, 5.41) is 2.73. The van der Waals surface area contributed by atoms with Gasteiger partial charge < -0.3 is 20.5 Å². The first-order chi connectivity index (χ1) is 10.2. The minimum absolute atomic E-state index is 0.00508. The van der Waals surface area contributed by atoms with Crippen LogP contribution in [0.5, 0.6) is 17.2 Å². The summed E-state index contributed by atoms with van der Waals surface area (Å²) < 4.78 is 11.1. The highest BCUT2D eigenvalue weighted by Gasteiger charge is 2.18. The molecule has 2 aromatic rings. The molecule has 0 aromatic heterocycles. The molecule has 0 aliphatic carbocycles. The number of carbonyl (C=O) groups excluding carboxylic acids is 1. The van der Waals surface area contributed by atoms with E-state index in [9.17, 15) is 4.79 Å². The standard InChI is InChI=1S/C16H16N2O3/c1-2-10-3-5-11(6-4-10)21-14-8-13-15(7-12(14)17)20-9-16(19)18-13/h3-8H,2,9,17H2,1H3,(H,18,19). The van der Waals surface area contributed by atoms with Gasteiger partial charge in [0.1, 0.15) is 11.5 Å². The van der Waals surface area contributed by atoms with Crippen molar-refractivity contribution in [2.45, 2.75) is 13.3 Å². The van der Waals surface area contributed by atoms with Crippen LogP contribution in [0.15, 0.2) is 36.4 Å². The second-order valence-electron chi connectivity index (χ2n) is 4.82. The quantitative estimate of drug-likeness (QED) is 0.850. The van der Waals surface area contributed by atoms with Crippen molar-refractivity contribution in [1.29, 1.82) is 0 Å². The molecule has 0 saturated heterocycles. The summed E-state index contributed by atoms with van der Waals surface area (Å²) in [5.41, 5.74) is 8.24. The smallest absolute Gasteiger partial charge is 0.262 e. The molecule has 1 amide bonds. The lowest BCUT2D eigenvalue weighted by molar-refractivity contribution is -0.118. The van der Waals surface area contributed by atoms with Crippen LogP contribution in [-0.4, -0.2) is 12.5 Å². The van der Waals surface area contributed by atoms with E-state index in [2.05, 4.69) is 12.2 Å². The van der Waals surface area contributed by atoms with Crippen molar-refractivity contribution in [3.8, 4) is 17.2 Å². The Morgan fingerprint density at radius 1 is 1.29 bits per heavy atom. The maximum atomic E-state index is 11.3. The minimum Gasteiger partial charge on any atom is -0.481 e. The molecule has 108 valence electrons. The third-order valence-corrected chi connectivity index (χ3v) is 3.30. The molecule has 1 heterocycles. The maximum Gasteiger partial charge on any atom is 0.262 e. The number of nitrogens with one attached hydrogen (secondary N) is 1. The Morgan fingerprint density at radius 3 is 2.76 bits per heavy atom.